The molecule has 0 saturated heterocycles. The van der Waals surface area contributed by atoms with E-state index < -0.39 is 0 Å². The predicted octanol–water partition coefficient (Wildman–Crippen LogP) is 3.49. The molecule has 1 aromatic carbocycles. The lowest BCUT2D eigenvalue weighted by Crippen LogP contribution is -2.23. The molecule has 21 heavy (non-hydrogen) atoms. The number of pyridine rings is 1. The van der Waals surface area contributed by atoms with Gasteiger partial charge in [-0.05, 0) is 54.8 Å². The van der Waals surface area contributed by atoms with Gasteiger partial charge in [-0.1, -0.05) is 19.1 Å². The monoisotopic (exact) mass is 282 g/mol. The van der Waals surface area contributed by atoms with E-state index >= 15 is 0 Å². The summed E-state index contributed by atoms with van der Waals surface area (Å²) in [6.07, 6.45) is 6.12. The number of nitrogens with zero attached hydrogens (tertiary/aromatic N) is 1. The first-order valence-electron chi connectivity index (χ1n) is 7.70. The van der Waals surface area contributed by atoms with Crippen molar-refractivity contribution in [3.05, 3.63) is 59.4 Å². The van der Waals surface area contributed by atoms with E-state index in [1.807, 2.05) is 12.4 Å². The lowest BCUT2D eigenvalue weighted by Gasteiger charge is -2.20. The van der Waals surface area contributed by atoms with Gasteiger partial charge in [0.05, 0.1) is 6.04 Å². The van der Waals surface area contributed by atoms with Gasteiger partial charge in [0, 0.05) is 18.8 Å². The summed E-state index contributed by atoms with van der Waals surface area (Å²) in [6, 6.07) is 10.9. The first kappa shape index (κ1) is 14.1. The largest absolute Gasteiger partial charge is 0.490 e. The zero-order valence-electron chi connectivity index (χ0n) is 12.7. The molecule has 3 rings (SSSR count). The number of nitrogens with one attached hydrogen (secondary N) is 1. The molecule has 0 spiro atoms. The van der Waals surface area contributed by atoms with E-state index in [1.165, 1.54) is 16.7 Å². The molecule has 2 heterocycles. The Morgan fingerprint density at radius 1 is 1.24 bits per heavy atom. The van der Waals surface area contributed by atoms with Crippen LogP contribution in [0.25, 0.3) is 0 Å². The Morgan fingerprint density at radius 2 is 2.05 bits per heavy atom. The molecule has 0 fully saturated rings. The SMILES string of the molecule is CCCNC(c1ccncc1)c1ccc2c(c1)CC(C)O2. The maximum absolute atomic E-state index is 5.80. The molecule has 0 saturated carbocycles. The summed E-state index contributed by atoms with van der Waals surface area (Å²) in [6.45, 7) is 5.31. The van der Waals surface area contributed by atoms with Gasteiger partial charge in [-0.25, -0.2) is 0 Å². The fourth-order valence-corrected chi connectivity index (χ4v) is 2.89. The smallest absolute Gasteiger partial charge is 0.123 e. The molecule has 3 heteroatoms. The number of hydrogen-bond donors (Lipinski definition) is 1. The normalized spacial score (nSPS) is 18.1. The van der Waals surface area contributed by atoms with Gasteiger partial charge in [-0.2, -0.15) is 0 Å². The Balaban J connectivity index is 1.92. The van der Waals surface area contributed by atoms with Crippen molar-refractivity contribution in [3.63, 3.8) is 0 Å². The summed E-state index contributed by atoms with van der Waals surface area (Å²) >= 11 is 0. The molecule has 0 radical (unpaired) electrons. The average molecular weight is 282 g/mol. The highest BCUT2D eigenvalue weighted by Crippen LogP contribution is 2.32. The maximum Gasteiger partial charge on any atom is 0.123 e. The predicted molar refractivity (Wildman–Crippen MR) is 84.6 cm³/mol. The van der Waals surface area contributed by atoms with Crippen molar-refractivity contribution in [1.82, 2.24) is 10.3 Å². The Morgan fingerprint density at radius 3 is 2.81 bits per heavy atom. The molecule has 0 bridgehead atoms. The molecule has 110 valence electrons. The van der Waals surface area contributed by atoms with Gasteiger partial charge in [0.1, 0.15) is 11.9 Å². The maximum atomic E-state index is 5.80. The summed E-state index contributed by atoms with van der Waals surface area (Å²) in [5.41, 5.74) is 3.87. The number of aromatic nitrogens is 1. The first-order chi connectivity index (χ1) is 10.3. The van der Waals surface area contributed by atoms with Gasteiger partial charge in [0.25, 0.3) is 0 Å². The number of hydrogen-bond acceptors (Lipinski definition) is 3. The van der Waals surface area contributed by atoms with Crippen LogP contribution in [-0.4, -0.2) is 17.6 Å². The van der Waals surface area contributed by atoms with Gasteiger partial charge in [0.15, 0.2) is 0 Å². The number of rotatable bonds is 5. The lowest BCUT2D eigenvalue weighted by atomic mass is 9.96. The zero-order chi connectivity index (χ0) is 14.7. The topological polar surface area (TPSA) is 34.2 Å². The van der Waals surface area contributed by atoms with Gasteiger partial charge in [-0.15, -0.1) is 0 Å². The lowest BCUT2D eigenvalue weighted by molar-refractivity contribution is 0.254. The van der Waals surface area contributed by atoms with E-state index in [1.54, 1.807) is 0 Å². The Kier molecular flexibility index (Phi) is 4.20. The molecular weight excluding hydrogens is 260 g/mol. The highest BCUT2D eigenvalue weighted by atomic mass is 16.5. The average Bonchev–Trinajstić information content (AvgIpc) is 2.88. The molecule has 3 nitrogen and oxygen atoms in total. The van der Waals surface area contributed by atoms with Crippen molar-refractivity contribution >= 4 is 0 Å². The molecule has 0 amide bonds. The Bertz CT molecular complexity index is 597. The second kappa shape index (κ2) is 6.27. The van der Waals surface area contributed by atoms with Crippen molar-refractivity contribution in [2.24, 2.45) is 0 Å². The highest BCUT2D eigenvalue weighted by Gasteiger charge is 2.21. The zero-order valence-corrected chi connectivity index (χ0v) is 12.7. The molecule has 2 unspecified atom stereocenters. The summed E-state index contributed by atoms with van der Waals surface area (Å²) in [5.74, 6) is 1.04. The van der Waals surface area contributed by atoms with Crippen LogP contribution in [0.1, 0.15) is 43.0 Å². The molecule has 0 aliphatic carbocycles. The van der Waals surface area contributed by atoms with E-state index in [4.69, 9.17) is 4.74 Å². The van der Waals surface area contributed by atoms with E-state index in [9.17, 15) is 0 Å². The van der Waals surface area contributed by atoms with Crippen molar-refractivity contribution in [3.8, 4) is 5.75 Å². The molecule has 1 aromatic heterocycles. The minimum Gasteiger partial charge on any atom is -0.490 e. The van der Waals surface area contributed by atoms with Crippen LogP contribution in [0.2, 0.25) is 0 Å². The van der Waals surface area contributed by atoms with E-state index in [-0.39, 0.29) is 6.04 Å². The van der Waals surface area contributed by atoms with Crippen LogP contribution in [0.15, 0.2) is 42.7 Å². The van der Waals surface area contributed by atoms with Gasteiger partial charge in [-0.3, -0.25) is 4.98 Å². The Hall–Kier alpha value is -1.87. The van der Waals surface area contributed by atoms with Crippen LogP contribution >= 0.6 is 0 Å². The molecule has 2 atom stereocenters. The van der Waals surface area contributed by atoms with Crippen molar-refractivity contribution in [1.29, 1.82) is 0 Å². The van der Waals surface area contributed by atoms with Gasteiger partial charge >= 0.3 is 0 Å². The minimum atomic E-state index is 0.217. The van der Waals surface area contributed by atoms with Gasteiger partial charge in [0.2, 0.25) is 0 Å². The van der Waals surface area contributed by atoms with Crippen LogP contribution in [0.5, 0.6) is 5.75 Å². The standard InChI is InChI=1S/C18H22N2O/c1-3-8-20-18(14-6-9-19-10-7-14)15-4-5-17-16(12-15)11-13(2)21-17/h4-7,9-10,12-13,18,20H,3,8,11H2,1-2H3. The molecule has 1 aliphatic heterocycles. The van der Waals surface area contributed by atoms with E-state index in [0.717, 1.165) is 25.1 Å². The fraction of sp³-hybridized carbons (Fsp3) is 0.389. The number of benzene rings is 1. The molecule has 2 aromatic rings. The third-order valence-electron chi connectivity index (χ3n) is 3.89. The van der Waals surface area contributed by atoms with Crippen molar-refractivity contribution < 1.29 is 4.74 Å². The third kappa shape index (κ3) is 3.08. The van der Waals surface area contributed by atoms with Gasteiger partial charge < -0.3 is 10.1 Å². The summed E-state index contributed by atoms with van der Waals surface area (Å²) < 4.78 is 5.80. The van der Waals surface area contributed by atoms with Crippen LogP contribution < -0.4 is 10.1 Å². The summed E-state index contributed by atoms with van der Waals surface area (Å²) in [4.78, 5) is 4.12. The molecular formula is C18H22N2O. The Labute approximate surface area is 126 Å². The van der Waals surface area contributed by atoms with Crippen LogP contribution in [-0.2, 0) is 6.42 Å². The third-order valence-corrected chi connectivity index (χ3v) is 3.89. The quantitative estimate of drug-likeness (QED) is 0.911. The van der Waals surface area contributed by atoms with Crippen LogP contribution in [0.4, 0.5) is 0 Å². The minimum absolute atomic E-state index is 0.217. The second-order valence-electron chi connectivity index (χ2n) is 5.67. The number of ether oxygens (including phenoxy) is 1. The van der Waals surface area contributed by atoms with Crippen molar-refractivity contribution in [2.45, 2.75) is 38.8 Å². The van der Waals surface area contributed by atoms with Crippen LogP contribution in [0.3, 0.4) is 0 Å². The molecule has 1 aliphatic rings. The van der Waals surface area contributed by atoms with E-state index in [0.29, 0.717) is 6.10 Å². The number of fused-ring (bicyclic) bond motifs is 1. The van der Waals surface area contributed by atoms with Crippen molar-refractivity contribution in [2.75, 3.05) is 6.54 Å². The summed E-state index contributed by atoms with van der Waals surface area (Å²) in [5, 5.41) is 3.64. The first-order valence-corrected chi connectivity index (χ1v) is 7.70. The van der Waals surface area contributed by atoms with Crippen LogP contribution in [0, 0.1) is 0 Å². The second-order valence-corrected chi connectivity index (χ2v) is 5.67. The fourth-order valence-electron chi connectivity index (χ4n) is 2.89. The van der Waals surface area contributed by atoms with E-state index in [2.05, 4.69) is 54.5 Å². The molecule has 1 N–H and O–H groups in total. The highest BCUT2D eigenvalue weighted by molar-refractivity contribution is 5.43. The summed E-state index contributed by atoms with van der Waals surface area (Å²) in [7, 11) is 0.